The summed E-state index contributed by atoms with van der Waals surface area (Å²) in [6, 6.07) is 9.16. The van der Waals surface area contributed by atoms with Crippen LogP contribution in [0.3, 0.4) is 0 Å². The van der Waals surface area contributed by atoms with Crippen molar-refractivity contribution in [2.24, 2.45) is 0 Å². The Morgan fingerprint density at radius 3 is 2.94 bits per heavy atom. The molecule has 1 atom stereocenters. The molecule has 1 aliphatic heterocycles. The molecule has 1 unspecified atom stereocenters. The van der Waals surface area contributed by atoms with E-state index in [2.05, 4.69) is 11.4 Å². The van der Waals surface area contributed by atoms with Crippen LogP contribution in [0.2, 0.25) is 0 Å². The van der Waals surface area contributed by atoms with E-state index < -0.39 is 0 Å². The lowest BCUT2D eigenvalue weighted by Gasteiger charge is -2.22. The number of benzene rings is 1. The van der Waals surface area contributed by atoms with Crippen LogP contribution >= 0.6 is 0 Å². The molecule has 2 rings (SSSR count). The predicted molar refractivity (Wildman–Crippen MR) is 65.6 cm³/mol. The third kappa shape index (κ3) is 2.29. The molecular formula is C13H15N3O. The smallest absolute Gasteiger partial charge is 0.243 e. The van der Waals surface area contributed by atoms with Gasteiger partial charge in [0.25, 0.3) is 0 Å². The maximum absolute atomic E-state index is 12.2. The summed E-state index contributed by atoms with van der Waals surface area (Å²) in [7, 11) is 1.72. The lowest BCUT2D eigenvalue weighted by Crippen LogP contribution is -2.41. The summed E-state index contributed by atoms with van der Waals surface area (Å²) in [6.07, 6.45) is 1.90. The zero-order valence-electron chi connectivity index (χ0n) is 9.81. The molecule has 0 spiro atoms. The molecule has 1 aliphatic rings. The first kappa shape index (κ1) is 11.6. The summed E-state index contributed by atoms with van der Waals surface area (Å²) >= 11 is 0. The van der Waals surface area contributed by atoms with Gasteiger partial charge in [-0.2, -0.15) is 5.26 Å². The Kier molecular flexibility index (Phi) is 3.40. The van der Waals surface area contributed by atoms with Gasteiger partial charge in [0.2, 0.25) is 5.91 Å². The fraction of sp³-hybridized carbons (Fsp3) is 0.385. The molecule has 0 radical (unpaired) electrons. The highest BCUT2D eigenvalue weighted by molar-refractivity contribution is 5.97. The highest BCUT2D eigenvalue weighted by atomic mass is 16.2. The number of nitriles is 1. The zero-order valence-corrected chi connectivity index (χ0v) is 9.81. The van der Waals surface area contributed by atoms with Crippen molar-refractivity contribution in [1.82, 2.24) is 5.32 Å². The van der Waals surface area contributed by atoms with Crippen molar-refractivity contribution < 1.29 is 4.79 Å². The molecule has 4 nitrogen and oxygen atoms in total. The van der Waals surface area contributed by atoms with Gasteiger partial charge in [-0.3, -0.25) is 4.79 Å². The molecule has 88 valence electrons. The van der Waals surface area contributed by atoms with Crippen LogP contribution in [0, 0.1) is 11.3 Å². The summed E-state index contributed by atoms with van der Waals surface area (Å²) in [5.41, 5.74) is 1.20. The third-order valence-electron chi connectivity index (χ3n) is 3.07. The van der Waals surface area contributed by atoms with Crippen LogP contribution in [-0.2, 0) is 4.79 Å². The van der Waals surface area contributed by atoms with E-state index >= 15 is 0 Å². The van der Waals surface area contributed by atoms with Gasteiger partial charge in [0.15, 0.2) is 0 Å². The van der Waals surface area contributed by atoms with Gasteiger partial charge in [0.1, 0.15) is 6.07 Å². The summed E-state index contributed by atoms with van der Waals surface area (Å²) in [4.78, 5) is 13.7. The van der Waals surface area contributed by atoms with Gasteiger partial charge in [-0.05, 0) is 31.5 Å². The first-order valence-electron chi connectivity index (χ1n) is 5.74. The van der Waals surface area contributed by atoms with Gasteiger partial charge < -0.3 is 10.2 Å². The fourth-order valence-corrected chi connectivity index (χ4v) is 2.11. The summed E-state index contributed by atoms with van der Waals surface area (Å²) in [6.45, 7) is 0.893. The molecule has 1 fully saturated rings. The number of likely N-dealkylation sites (N-methyl/N-ethyl adjacent to an activating group) is 1. The molecule has 1 aromatic rings. The van der Waals surface area contributed by atoms with Crippen molar-refractivity contribution in [2.75, 3.05) is 18.5 Å². The number of nitrogens with zero attached hydrogens (tertiary/aromatic N) is 2. The summed E-state index contributed by atoms with van der Waals surface area (Å²) in [5, 5.41) is 12.2. The zero-order chi connectivity index (χ0) is 12.3. The average Bonchev–Trinajstić information content (AvgIpc) is 2.90. The van der Waals surface area contributed by atoms with Crippen LogP contribution < -0.4 is 10.2 Å². The number of rotatable bonds is 2. The van der Waals surface area contributed by atoms with E-state index in [1.54, 1.807) is 30.1 Å². The van der Waals surface area contributed by atoms with E-state index in [4.69, 9.17) is 5.26 Å². The van der Waals surface area contributed by atoms with Crippen LogP contribution in [0.5, 0.6) is 0 Å². The van der Waals surface area contributed by atoms with E-state index in [0.717, 1.165) is 19.4 Å². The number of hydrogen-bond donors (Lipinski definition) is 1. The SMILES string of the molecule is CN(C(=O)C1CCCN1)c1ccccc1C#N. The highest BCUT2D eigenvalue weighted by Crippen LogP contribution is 2.20. The molecule has 1 saturated heterocycles. The minimum atomic E-state index is -0.105. The van der Waals surface area contributed by atoms with Gasteiger partial charge in [0, 0.05) is 7.05 Å². The number of amides is 1. The van der Waals surface area contributed by atoms with Crippen molar-refractivity contribution in [1.29, 1.82) is 5.26 Å². The van der Waals surface area contributed by atoms with Crippen molar-refractivity contribution in [3.8, 4) is 6.07 Å². The third-order valence-corrected chi connectivity index (χ3v) is 3.07. The van der Waals surface area contributed by atoms with E-state index in [1.807, 2.05) is 6.07 Å². The van der Waals surface area contributed by atoms with Crippen molar-refractivity contribution in [3.05, 3.63) is 29.8 Å². The molecule has 4 heteroatoms. The van der Waals surface area contributed by atoms with E-state index in [0.29, 0.717) is 11.3 Å². The van der Waals surface area contributed by atoms with Gasteiger partial charge in [-0.25, -0.2) is 0 Å². The first-order valence-corrected chi connectivity index (χ1v) is 5.74. The van der Waals surface area contributed by atoms with Gasteiger partial charge in [-0.15, -0.1) is 0 Å². The Morgan fingerprint density at radius 2 is 2.29 bits per heavy atom. The second-order valence-electron chi connectivity index (χ2n) is 4.18. The fourth-order valence-electron chi connectivity index (χ4n) is 2.11. The quantitative estimate of drug-likeness (QED) is 0.831. The molecule has 0 aliphatic carbocycles. The monoisotopic (exact) mass is 229 g/mol. The number of anilines is 1. The van der Waals surface area contributed by atoms with Crippen molar-refractivity contribution in [2.45, 2.75) is 18.9 Å². The second kappa shape index (κ2) is 4.98. The first-order chi connectivity index (χ1) is 8.24. The maximum Gasteiger partial charge on any atom is 0.243 e. The standard InChI is InChI=1S/C13H15N3O/c1-16(13(17)11-6-4-8-15-11)12-7-3-2-5-10(12)9-14/h2-3,5,7,11,15H,4,6,8H2,1H3. The Hall–Kier alpha value is -1.86. The Labute approximate surface area is 101 Å². The average molecular weight is 229 g/mol. The second-order valence-corrected chi connectivity index (χ2v) is 4.18. The maximum atomic E-state index is 12.2. The molecule has 1 heterocycles. The molecule has 17 heavy (non-hydrogen) atoms. The van der Waals surface area contributed by atoms with Crippen molar-refractivity contribution >= 4 is 11.6 Å². The topological polar surface area (TPSA) is 56.1 Å². The molecule has 1 amide bonds. The highest BCUT2D eigenvalue weighted by Gasteiger charge is 2.26. The lowest BCUT2D eigenvalue weighted by atomic mass is 10.1. The Bertz CT molecular complexity index is 458. The Balaban J connectivity index is 2.21. The number of para-hydroxylation sites is 1. The van der Waals surface area contributed by atoms with Gasteiger partial charge in [0.05, 0.1) is 17.3 Å². The number of carbonyl (C=O) groups excluding carboxylic acids is 1. The van der Waals surface area contributed by atoms with Crippen LogP contribution in [-0.4, -0.2) is 25.5 Å². The molecule has 0 saturated carbocycles. The van der Waals surface area contributed by atoms with E-state index in [-0.39, 0.29) is 11.9 Å². The molecular weight excluding hydrogens is 214 g/mol. The van der Waals surface area contributed by atoms with Crippen LogP contribution in [0.25, 0.3) is 0 Å². The molecule has 1 aromatic carbocycles. The molecule has 0 aromatic heterocycles. The van der Waals surface area contributed by atoms with Crippen LogP contribution in [0.1, 0.15) is 18.4 Å². The van der Waals surface area contributed by atoms with E-state index in [9.17, 15) is 4.79 Å². The van der Waals surface area contributed by atoms with Crippen LogP contribution in [0.15, 0.2) is 24.3 Å². The number of carbonyl (C=O) groups is 1. The van der Waals surface area contributed by atoms with E-state index in [1.165, 1.54) is 0 Å². The largest absolute Gasteiger partial charge is 0.313 e. The minimum Gasteiger partial charge on any atom is -0.313 e. The number of nitrogens with one attached hydrogen (secondary N) is 1. The number of hydrogen-bond acceptors (Lipinski definition) is 3. The van der Waals surface area contributed by atoms with Gasteiger partial charge in [-0.1, -0.05) is 12.1 Å². The van der Waals surface area contributed by atoms with Crippen LogP contribution in [0.4, 0.5) is 5.69 Å². The normalized spacial score (nSPS) is 18.7. The summed E-state index contributed by atoms with van der Waals surface area (Å²) in [5.74, 6) is 0.0326. The molecule has 0 bridgehead atoms. The minimum absolute atomic E-state index is 0.0326. The van der Waals surface area contributed by atoms with Gasteiger partial charge >= 0.3 is 0 Å². The lowest BCUT2D eigenvalue weighted by molar-refractivity contribution is -0.119. The van der Waals surface area contributed by atoms with Crippen molar-refractivity contribution in [3.63, 3.8) is 0 Å². The Morgan fingerprint density at radius 1 is 1.53 bits per heavy atom. The predicted octanol–water partition coefficient (Wildman–Crippen LogP) is 1.27. The summed E-state index contributed by atoms with van der Waals surface area (Å²) < 4.78 is 0. The molecule has 1 N–H and O–H groups in total.